The molecule has 0 bridgehead atoms. The second kappa shape index (κ2) is 8.00. The maximum absolute atomic E-state index is 12.8. The van der Waals surface area contributed by atoms with Gasteiger partial charge in [0.2, 0.25) is 5.91 Å². The fraction of sp³-hybridized carbons (Fsp3) is 0.273. The van der Waals surface area contributed by atoms with Crippen molar-refractivity contribution in [1.29, 1.82) is 0 Å². The Morgan fingerprint density at radius 2 is 1.73 bits per heavy atom. The lowest BCUT2D eigenvalue weighted by atomic mass is 10.0. The first kappa shape index (κ1) is 17.9. The molecule has 4 nitrogen and oxygen atoms in total. The Hall–Kier alpha value is -2.88. The Bertz CT molecular complexity index is 786. The molecule has 2 aromatic carbocycles. The summed E-state index contributed by atoms with van der Waals surface area (Å²) >= 11 is 0. The predicted octanol–water partition coefficient (Wildman–Crippen LogP) is 4.83. The van der Waals surface area contributed by atoms with Crippen LogP contribution in [0, 0.1) is 5.92 Å². The van der Waals surface area contributed by atoms with Gasteiger partial charge in [-0.3, -0.25) is 4.79 Å². The minimum Gasteiger partial charge on any atom is -0.439 e. The smallest absolute Gasteiger partial charge is 0.417 e. The number of amides is 2. The van der Waals surface area contributed by atoms with E-state index >= 15 is 0 Å². The summed E-state index contributed by atoms with van der Waals surface area (Å²) in [7, 11) is 0. The van der Waals surface area contributed by atoms with Crippen molar-refractivity contribution in [2.45, 2.75) is 32.4 Å². The standard InChI is InChI=1S/C22H23NO3/c1-16(10-9-13-18-11-5-3-6-12-18)21(24)23-17(2)20(26-22(23)25)19-14-7-4-8-15-19/h3-9,11-17,20H,10H2,1-2H3/b13-9+/t16-,17+,20+/m0/s1. The van der Waals surface area contributed by atoms with E-state index in [1.807, 2.05) is 86.7 Å². The van der Waals surface area contributed by atoms with Crippen LogP contribution in [0.2, 0.25) is 0 Å². The Morgan fingerprint density at radius 1 is 1.12 bits per heavy atom. The molecule has 26 heavy (non-hydrogen) atoms. The number of hydrogen-bond acceptors (Lipinski definition) is 3. The number of rotatable bonds is 5. The lowest BCUT2D eigenvalue weighted by Gasteiger charge is -2.22. The van der Waals surface area contributed by atoms with E-state index in [0.717, 1.165) is 11.1 Å². The van der Waals surface area contributed by atoms with E-state index in [1.54, 1.807) is 0 Å². The van der Waals surface area contributed by atoms with Gasteiger partial charge in [0.05, 0.1) is 6.04 Å². The molecule has 134 valence electrons. The van der Waals surface area contributed by atoms with Crippen molar-refractivity contribution in [3.63, 3.8) is 0 Å². The van der Waals surface area contributed by atoms with Crippen LogP contribution >= 0.6 is 0 Å². The van der Waals surface area contributed by atoms with Crippen molar-refractivity contribution in [3.05, 3.63) is 77.9 Å². The molecule has 0 saturated carbocycles. The zero-order valence-electron chi connectivity index (χ0n) is 15.0. The largest absolute Gasteiger partial charge is 0.439 e. The zero-order chi connectivity index (χ0) is 18.5. The topological polar surface area (TPSA) is 46.6 Å². The van der Waals surface area contributed by atoms with E-state index in [1.165, 1.54) is 4.90 Å². The molecule has 1 fully saturated rings. The summed E-state index contributed by atoms with van der Waals surface area (Å²) in [6, 6.07) is 19.1. The molecule has 1 aliphatic rings. The van der Waals surface area contributed by atoms with E-state index < -0.39 is 12.2 Å². The number of nitrogens with zero attached hydrogens (tertiary/aromatic N) is 1. The van der Waals surface area contributed by atoms with Gasteiger partial charge in [-0.2, -0.15) is 0 Å². The average molecular weight is 349 g/mol. The van der Waals surface area contributed by atoms with E-state index in [0.29, 0.717) is 6.42 Å². The van der Waals surface area contributed by atoms with Crippen LogP contribution in [0.1, 0.15) is 37.5 Å². The molecule has 4 heteroatoms. The van der Waals surface area contributed by atoms with Crippen LogP contribution in [0.15, 0.2) is 66.7 Å². The van der Waals surface area contributed by atoms with E-state index in [9.17, 15) is 9.59 Å². The Labute approximate surface area is 154 Å². The highest BCUT2D eigenvalue weighted by molar-refractivity contribution is 5.95. The van der Waals surface area contributed by atoms with Gasteiger partial charge in [-0.15, -0.1) is 0 Å². The van der Waals surface area contributed by atoms with Crippen molar-refractivity contribution in [2.75, 3.05) is 0 Å². The lowest BCUT2D eigenvalue weighted by Crippen LogP contribution is -2.40. The van der Waals surface area contributed by atoms with Crippen molar-refractivity contribution in [2.24, 2.45) is 5.92 Å². The van der Waals surface area contributed by atoms with Crippen LogP contribution in [0.5, 0.6) is 0 Å². The van der Waals surface area contributed by atoms with Crippen LogP contribution < -0.4 is 0 Å². The van der Waals surface area contributed by atoms with Gasteiger partial charge in [-0.1, -0.05) is 79.7 Å². The molecule has 3 atom stereocenters. The normalized spacial score (nSPS) is 21.0. The summed E-state index contributed by atoms with van der Waals surface area (Å²) < 4.78 is 5.47. The molecule has 0 radical (unpaired) electrons. The second-order valence-corrected chi connectivity index (χ2v) is 6.61. The highest BCUT2D eigenvalue weighted by atomic mass is 16.6. The second-order valence-electron chi connectivity index (χ2n) is 6.61. The fourth-order valence-electron chi connectivity index (χ4n) is 3.16. The number of carbonyl (C=O) groups excluding carboxylic acids is 2. The lowest BCUT2D eigenvalue weighted by molar-refractivity contribution is -0.132. The van der Waals surface area contributed by atoms with Crippen LogP contribution in [0.4, 0.5) is 4.79 Å². The fourth-order valence-corrected chi connectivity index (χ4v) is 3.16. The molecule has 2 aromatic rings. The van der Waals surface area contributed by atoms with E-state index in [4.69, 9.17) is 4.74 Å². The third-order valence-corrected chi connectivity index (χ3v) is 4.66. The van der Waals surface area contributed by atoms with Gasteiger partial charge >= 0.3 is 6.09 Å². The highest BCUT2D eigenvalue weighted by Gasteiger charge is 2.44. The molecule has 1 saturated heterocycles. The number of carbonyl (C=O) groups is 2. The summed E-state index contributed by atoms with van der Waals surface area (Å²) in [6.07, 6.45) is 3.55. The van der Waals surface area contributed by atoms with Crippen molar-refractivity contribution >= 4 is 18.1 Å². The van der Waals surface area contributed by atoms with Gasteiger partial charge in [0.1, 0.15) is 6.10 Å². The summed E-state index contributed by atoms with van der Waals surface area (Å²) in [5.41, 5.74) is 1.99. The summed E-state index contributed by atoms with van der Waals surface area (Å²) in [4.78, 5) is 26.3. The highest BCUT2D eigenvalue weighted by Crippen LogP contribution is 2.33. The number of imide groups is 1. The monoisotopic (exact) mass is 349 g/mol. The third-order valence-electron chi connectivity index (χ3n) is 4.66. The predicted molar refractivity (Wildman–Crippen MR) is 101 cm³/mol. The van der Waals surface area contributed by atoms with Crippen molar-refractivity contribution in [1.82, 2.24) is 4.90 Å². The first-order valence-corrected chi connectivity index (χ1v) is 8.88. The number of hydrogen-bond donors (Lipinski definition) is 0. The maximum Gasteiger partial charge on any atom is 0.417 e. The Balaban J connectivity index is 1.65. The minimum absolute atomic E-state index is 0.196. The molecule has 1 aliphatic heterocycles. The van der Waals surface area contributed by atoms with Crippen LogP contribution in [-0.2, 0) is 9.53 Å². The molecule has 2 amide bonds. The van der Waals surface area contributed by atoms with Crippen molar-refractivity contribution < 1.29 is 14.3 Å². The molecular weight excluding hydrogens is 326 g/mol. The van der Waals surface area contributed by atoms with E-state index in [2.05, 4.69) is 0 Å². The quantitative estimate of drug-likeness (QED) is 0.776. The number of ether oxygens (including phenoxy) is 1. The molecule has 0 aromatic heterocycles. The Kier molecular flexibility index (Phi) is 5.52. The van der Waals surface area contributed by atoms with Gasteiger partial charge in [-0.25, -0.2) is 9.69 Å². The van der Waals surface area contributed by atoms with Crippen LogP contribution in [0.3, 0.4) is 0 Å². The molecular formula is C22H23NO3. The summed E-state index contributed by atoms with van der Waals surface area (Å²) in [6.45, 7) is 3.69. The number of cyclic esters (lactones) is 1. The van der Waals surface area contributed by atoms with Gasteiger partial charge in [0.15, 0.2) is 0 Å². The summed E-state index contributed by atoms with van der Waals surface area (Å²) in [5, 5.41) is 0. The SMILES string of the molecule is C[C@@H]1[C@H](c2ccccc2)OC(=O)N1C(=O)[C@@H](C)C/C=C/c1ccccc1. The third kappa shape index (κ3) is 3.85. The zero-order valence-corrected chi connectivity index (χ0v) is 15.0. The molecule has 0 N–H and O–H groups in total. The molecule has 1 heterocycles. The minimum atomic E-state index is -0.560. The summed E-state index contributed by atoms with van der Waals surface area (Å²) in [5.74, 6) is -0.488. The van der Waals surface area contributed by atoms with Crippen LogP contribution in [0.25, 0.3) is 6.08 Å². The average Bonchev–Trinajstić information content (AvgIpc) is 2.97. The van der Waals surface area contributed by atoms with E-state index in [-0.39, 0.29) is 17.9 Å². The molecule has 3 rings (SSSR count). The van der Waals surface area contributed by atoms with Gasteiger partial charge in [0, 0.05) is 5.92 Å². The van der Waals surface area contributed by atoms with Gasteiger partial charge in [0.25, 0.3) is 0 Å². The molecule has 0 unspecified atom stereocenters. The maximum atomic E-state index is 12.8. The van der Waals surface area contributed by atoms with Gasteiger partial charge < -0.3 is 4.74 Å². The van der Waals surface area contributed by atoms with Crippen LogP contribution in [-0.4, -0.2) is 22.9 Å². The van der Waals surface area contributed by atoms with Gasteiger partial charge in [-0.05, 0) is 24.5 Å². The number of allylic oxidation sites excluding steroid dienone is 1. The first-order valence-electron chi connectivity index (χ1n) is 8.88. The Morgan fingerprint density at radius 3 is 2.38 bits per heavy atom. The van der Waals surface area contributed by atoms with Crippen molar-refractivity contribution in [3.8, 4) is 0 Å². The molecule has 0 spiro atoms. The first-order chi connectivity index (χ1) is 12.6. The molecule has 0 aliphatic carbocycles. The number of benzene rings is 2.